The molecule has 0 spiro atoms. The summed E-state index contributed by atoms with van der Waals surface area (Å²) < 4.78 is 0. The zero-order valence-electron chi connectivity index (χ0n) is 4.41. The summed E-state index contributed by atoms with van der Waals surface area (Å²) in [6.45, 7) is 2.05. The normalized spacial score (nSPS) is 7.00. The Labute approximate surface area is 55.0 Å². The molecule has 7 heavy (non-hydrogen) atoms. The van der Waals surface area contributed by atoms with E-state index in [4.69, 9.17) is 0 Å². The van der Waals surface area contributed by atoms with Gasteiger partial charge < -0.3 is 4.79 Å². The summed E-state index contributed by atoms with van der Waals surface area (Å²) in [4.78, 5) is 9.44. The van der Waals surface area contributed by atoms with Gasteiger partial charge in [-0.1, -0.05) is 19.8 Å². The first-order valence-electron chi connectivity index (χ1n) is 2.26. The molecule has 0 heterocycles. The fraction of sp³-hybridized carbons (Fsp3) is 0.800. The van der Waals surface area contributed by atoms with Crippen LogP contribution in [0.1, 0.15) is 26.2 Å². The van der Waals surface area contributed by atoms with Crippen LogP contribution in [0.4, 0.5) is 0 Å². The monoisotopic (exact) mass is 140 g/mol. The Balaban J connectivity index is 0. The van der Waals surface area contributed by atoms with Crippen LogP contribution >= 0.6 is 0 Å². The smallest absolute Gasteiger partial charge is 0 e. The predicted octanol–water partition coefficient (Wildman–Crippen LogP) is 1.28. The van der Waals surface area contributed by atoms with Gasteiger partial charge in [-0.3, -0.25) is 6.29 Å². The second-order valence-corrected chi connectivity index (χ2v) is 1.25. The summed E-state index contributed by atoms with van der Waals surface area (Å²) in [5.41, 5.74) is 0. The molecule has 0 aliphatic carbocycles. The molecule has 1 radical (unpaired) electrons. The largest absolute Gasteiger partial charge is 0.542 e. The van der Waals surface area contributed by atoms with Crippen LogP contribution in [0, 0.1) is 0 Å². The average molecular weight is 140 g/mol. The van der Waals surface area contributed by atoms with Gasteiger partial charge in [0.25, 0.3) is 0 Å². The molecule has 0 aliphatic rings. The zero-order chi connectivity index (χ0) is 4.83. The molecule has 1 nitrogen and oxygen atoms in total. The fourth-order valence-corrected chi connectivity index (χ4v) is 0.249. The van der Waals surface area contributed by atoms with E-state index in [2.05, 4.69) is 6.92 Å². The molecule has 2 heteroatoms. The summed E-state index contributed by atoms with van der Waals surface area (Å²) in [6, 6.07) is 0. The maximum absolute atomic E-state index is 9.44. The Hall–Kier alpha value is 0.189. The van der Waals surface area contributed by atoms with E-state index in [1.54, 1.807) is 0 Å². The Morgan fingerprint density at radius 2 is 2.14 bits per heavy atom. The van der Waals surface area contributed by atoms with E-state index in [-0.39, 0.29) is 17.1 Å². The van der Waals surface area contributed by atoms with Crippen molar-refractivity contribution in [3.63, 3.8) is 0 Å². The van der Waals surface area contributed by atoms with Crippen molar-refractivity contribution < 1.29 is 21.9 Å². The van der Waals surface area contributed by atoms with Gasteiger partial charge in [0.2, 0.25) is 0 Å². The minimum absolute atomic E-state index is 0. The van der Waals surface area contributed by atoms with Gasteiger partial charge in [-0.25, -0.2) is 0 Å². The van der Waals surface area contributed by atoms with Gasteiger partial charge in [0.05, 0.1) is 0 Å². The maximum atomic E-state index is 9.44. The number of carbonyl (C=O) groups excluding carboxylic acids is 1. The van der Waals surface area contributed by atoms with Crippen molar-refractivity contribution in [2.24, 2.45) is 0 Å². The first-order chi connectivity index (χ1) is 2.91. The van der Waals surface area contributed by atoms with Crippen molar-refractivity contribution in [1.82, 2.24) is 0 Å². The molecule has 0 N–H and O–H groups in total. The van der Waals surface area contributed by atoms with Crippen LogP contribution in [-0.2, 0) is 21.9 Å². The second kappa shape index (κ2) is 9.50. The number of unbranched alkanes of at least 4 members (excludes halogenated alkanes) is 2. The van der Waals surface area contributed by atoms with Crippen molar-refractivity contribution in [3.8, 4) is 0 Å². The molecular formula is C5H9MnO-. The topological polar surface area (TPSA) is 17.1 Å². The van der Waals surface area contributed by atoms with Crippen LogP contribution in [0.3, 0.4) is 0 Å². The molecule has 0 saturated heterocycles. The third-order valence-corrected chi connectivity index (χ3v) is 0.632. The molecule has 0 saturated carbocycles. The fourth-order valence-electron chi connectivity index (χ4n) is 0.249. The molecule has 0 fully saturated rings. The summed E-state index contributed by atoms with van der Waals surface area (Å²) >= 11 is 0. The van der Waals surface area contributed by atoms with Gasteiger partial charge in [0.15, 0.2) is 0 Å². The van der Waals surface area contributed by atoms with E-state index in [1.807, 2.05) is 6.29 Å². The van der Waals surface area contributed by atoms with Gasteiger partial charge in [-0.05, 0) is 0 Å². The number of rotatable bonds is 3. The van der Waals surface area contributed by atoms with Gasteiger partial charge >= 0.3 is 0 Å². The standard InChI is InChI=1S/C5H9O.Mn/c1-2-3-4-5-6;/h2-4H2,1H3;/q-1;. The molecule has 0 bridgehead atoms. The van der Waals surface area contributed by atoms with Gasteiger partial charge in [0, 0.05) is 17.1 Å². The summed E-state index contributed by atoms with van der Waals surface area (Å²) in [5, 5.41) is 0. The van der Waals surface area contributed by atoms with E-state index >= 15 is 0 Å². The van der Waals surface area contributed by atoms with Crippen LogP contribution in [0.15, 0.2) is 0 Å². The van der Waals surface area contributed by atoms with Gasteiger partial charge in [-0.15, -0.1) is 0 Å². The molecule has 0 aliphatic heterocycles. The number of hydrogen-bond donors (Lipinski definition) is 0. The zero-order valence-corrected chi connectivity index (χ0v) is 5.59. The van der Waals surface area contributed by atoms with Gasteiger partial charge in [0.1, 0.15) is 0 Å². The van der Waals surface area contributed by atoms with E-state index in [1.165, 1.54) is 0 Å². The first kappa shape index (κ1) is 10.2. The van der Waals surface area contributed by atoms with Crippen molar-refractivity contribution in [3.05, 3.63) is 0 Å². The molecule has 0 unspecified atom stereocenters. The van der Waals surface area contributed by atoms with Crippen LogP contribution in [0.25, 0.3) is 0 Å². The second-order valence-electron chi connectivity index (χ2n) is 1.25. The first-order valence-corrected chi connectivity index (χ1v) is 2.26. The SMILES string of the molecule is CCCC[C-]=O.[Mn]. The van der Waals surface area contributed by atoms with Crippen LogP contribution in [-0.4, -0.2) is 6.29 Å². The van der Waals surface area contributed by atoms with Crippen LogP contribution in [0.5, 0.6) is 0 Å². The summed E-state index contributed by atoms with van der Waals surface area (Å²) in [5.74, 6) is 0. The minimum atomic E-state index is 0. The molecule has 43 valence electrons. The molecule has 0 aromatic heterocycles. The summed E-state index contributed by atoms with van der Waals surface area (Å²) in [7, 11) is 0. The molecule has 0 atom stereocenters. The molecule has 0 amide bonds. The third-order valence-electron chi connectivity index (χ3n) is 0.632. The van der Waals surface area contributed by atoms with E-state index < -0.39 is 0 Å². The van der Waals surface area contributed by atoms with E-state index in [0.29, 0.717) is 6.42 Å². The Morgan fingerprint density at radius 3 is 2.29 bits per heavy atom. The van der Waals surface area contributed by atoms with Gasteiger partial charge in [-0.2, -0.15) is 6.42 Å². The Bertz CT molecular complexity index is 37.1. The van der Waals surface area contributed by atoms with Crippen molar-refractivity contribution in [2.45, 2.75) is 26.2 Å². The quantitative estimate of drug-likeness (QED) is 0.328. The van der Waals surface area contributed by atoms with E-state index in [0.717, 1.165) is 12.8 Å². The average Bonchev–Trinajstić information content (AvgIpc) is 1.61. The molecule has 0 rings (SSSR count). The van der Waals surface area contributed by atoms with Crippen molar-refractivity contribution >= 4 is 6.29 Å². The van der Waals surface area contributed by atoms with E-state index in [9.17, 15) is 4.79 Å². The third kappa shape index (κ3) is 10.7. The van der Waals surface area contributed by atoms with Crippen LogP contribution < -0.4 is 0 Å². The van der Waals surface area contributed by atoms with Crippen molar-refractivity contribution in [1.29, 1.82) is 0 Å². The molecular weight excluding hydrogens is 131 g/mol. The molecule has 0 aromatic rings. The predicted molar refractivity (Wildman–Crippen MR) is 25.2 cm³/mol. The minimum Gasteiger partial charge on any atom is -0.542 e. The van der Waals surface area contributed by atoms with Crippen molar-refractivity contribution in [2.75, 3.05) is 0 Å². The number of hydrogen-bond acceptors (Lipinski definition) is 1. The Kier molecular flexibility index (Phi) is 13.9. The Morgan fingerprint density at radius 1 is 1.57 bits per heavy atom. The summed E-state index contributed by atoms with van der Waals surface area (Å²) in [6.07, 6.45) is 4.51. The molecule has 0 aromatic carbocycles. The van der Waals surface area contributed by atoms with Crippen LogP contribution in [0.2, 0.25) is 0 Å². The maximum Gasteiger partial charge on any atom is 0 e.